The molecule has 0 bridgehead atoms. The predicted molar refractivity (Wildman–Crippen MR) is 130 cm³/mol. The van der Waals surface area contributed by atoms with Crippen LogP contribution in [0.15, 0.2) is 70.2 Å². The molecule has 0 fully saturated rings. The first-order chi connectivity index (χ1) is 15.4. The summed E-state index contributed by atoms with van der Waals surface area (Å²) in [6, 6.07) is 17.2. The summed E-state index contributed by atoms with van der Waals surface area (Å²) in [6.45, 7) is 8.85. The number of anilines is 1. The minimum absolute atomic E-state index is 0.117. The lowest BCUT2D eigenvalue weighted by Crippen LogP contribution is -2.24. The highest BCUT2D eigenvalue weighted by Crippen LogP contribution is 2.33. The largest absolute Gasteiger partial charge is 0.467 e. The van der Waals surface area contributed by atoms with Crippen molar-refractivity contribution >= 4 is 29.3 Å². The van der Waals surface area contributed by atoms with Crippen LogP contribution in [-0.2, 0) is 11.3 Å². The van der Waals surface area contributed by atoms with Crippen LogP contribution in [0.2, 0.25) is 0 Å². The first-order valence-corrected chi connectivity index (χ1v) is 11.8. The summed E-state index contributed by atoms with van der Waals surface area (Å²) in [7, 11) is 0. The fourth-order valence-corrected chi connectivity index (χ4v) is 4.33. The first-order valence-electron chi connectivity index (χ1n) is 10.8. The quantitative estimate of drug-likeness (QED) is 0.382. The van der Waals surface area contributed by atoms with E-state index in [1.54, 1.807) is 18.4 Å². The summed E-state index contributed by atoms with van der Waals surface area (Å²) in [6.07, 6.45) is 1.58. The molecule has 0 saturated heterocycles. The second-order valence-electron chi connectivity index (χ2n) is 8.22. The van der Waals surface area contributed by atoms with Gasteiger partial charge in [-0.15, -0.1) is 11.8 Å². The Balaban J connectivity index is 1.73. The van der Waals surface area contributed by atoms with Crippen molar-refractivity contribution in [3.8, 4) is 0 Å². The molecule has 0 aliphatic carbocycles. The zero-order valence-electron chi connectivity index (χ0n) is 19.0. The normalized spacial score (nSPS) is 11.1. The molecule has 2 N–H and O–H groups in total. The average Bonchev–Trinajstić information content (AvgIpc) is 3.30. The lowest BCUT2D eigenvalue weighted by atomic mass is 9.92. The molecule has 3 aromatic rings. The number of hydrogen-bond acceptors (Lipinski definition) is 4. The molecular weight excluding hydrogens is 420 g/mol. The average molecular weight is 451 g/mol. The monoisotopic (exact) mass is 450 g/mol. The van der Waals surface area contributed by atoms with Crippen molar-refractivity contribution in [3.05, 3.63) is 83.3 Å². The first kappa shape index (κ1) is 23.7. The third-order valence-corrected chi connectivity index (χ3v) is 6.22. The molecule has 0 radical (unpaired) electrons. The Morgan fingerprint density at radius 3 is 2.22 bits per heavy atom. The van der Waals surface area contributed by atoms with Gasteiger partial charge in [0.25, 0.3) is 5.91 Å². The van der Waals surface area contributed by atoms with Gasteiger partial charge in [-0.3, -0.25) is 9.59 Å². The van der Waals surface area contributed by atoms with Crippen LogP contribution in [0.3, 0.4) is 0 Å². The molecule has 2 amide bonds. The standard InChI is InChI=1S/C26H30N2O3S/c1-17(2)20-11-7-12-21(18(3)4)25(20)28-26(30)22-10-5-6-13-23(22)32-16-24(29)27-15-19-9-8-14-31-19/h5-14,17-18H,15-16H2,1-4H3,(H,27,29)(H,28,30). The molecule has 32 heavy (non-hydrogen) atoms. The molecule has 5 nitrogen and oxygen atoms in total. The van der Waals surface area contributed by atoms with Crippen molar-refractivity contribution in [2.75, 3.05) is 11.1 Å². The highest BCUT2D eigenvalue weighted by atomic mass is 32.2. The van der Waals surface area contributed by atoms with Crippen molar-refractivity contribution < 1.29 is 14.0 Å². The molecule has 6 heteroatoms. The van der Waals surface area contributed by atoms with Gasteiger partial charge in [0.1, 0.15) is 5.76 Å². The van der Waals surface area contributed by atoms with Gasteiger partial charge >= 0.3 is 0 Å². The van der Waals surface area contributed by atoms with E-state index in [4.69, 9.17) is 4.42 Å². The van der Waals surface area contributed by atoms with Crippen LogP contribution in [0.5, 0.6) is 0 Å². The van der Waals surface area contributed by atoms with Gasteiger partial charge in [0.15, 0.2) is 0 Å². The number of rotatable bonds is 9. The van der Waals surface area contributed by atoms with Crippen molar-refractivity contribution in [2.24, 2.45) is 0 Å². The molecule has 0 atom stereocenters. The lowest BCUT2D eigenvalue weighted by molar-refractivity contribution is -0.118. The van der Waals surface area contributed by atoms with E-state index in [2.05, 4.69) is 50.5 Å². The number of carbonyl (C=O) groups excluding carboxylic acids is 2. The Bertz CT molecular complexity index is 1030. The lowest BCUT2D eigenvalue weighted by Gasteiger charge is -2.20. The van der Waals surface area contributed by atoms with Crippen LogP contribution < -0.4 is 10.6 Å². The van der Waals surface area contributed by atoms with Gasteiger partial charge in [0.2, 0.25) is 5.91 Å². The van der Waals surface area contributed by atoms with E-state index in [-0.39, 0.29) is 29.4 Å². The number of furan rings is 1. The Hall–Kier alpha value is -2.99. The minimum atomic E-state index is -0.168. The van der Waals surface area contributed by atoms with Gasteiger partial charge in [0, 0.05) is 10.6 Å². The molecule has 0 spiro atoms. The van der Waals surface area contributed by atoms with Crippen LogP contribution in [0.4, 0.5) is 5.69 Å². The van der Waals surface area contributed by atoms with Gasteiger partial charge in [-0.1, -0.05) is 58.0 Å². The maximum atomic E-state index is 13.3. The van der Waals surface area contributed by atoms with Crippen LogP contribution in [0, 0.1) is 0 Å². The molecule has 168 valence electrons. The van der Waals surface area contributed by atoms with Crippen molar-refractivity contribution in [2.45, 2.75) is 51.0 Å². The van der Waals surface area contributed by atoms with E-state index < -0.39 is 0 Å². The highest BCUT2D eigenvalue weighted by molar-refractivity contribution is 8.00. The number of para-hydroxylation sites is 1. The summed E-state index contributed by atoms with van der Waals surface area (Å²) in [4.78, 5) is 26.3. The summed E-state index contributed by atoms with van der Waals surface area (Å²) >= 11 is 1.35. The van der Waals surface area contributed by atoms with Gasteiger partial charge < -0.3 is 15.1 Å². The zero-order chi connectivity index (χ0) is 23.1. The topological polar surface area (TPSA) is 71.3 Å². The fourth-order valence-electron chi connectivity index (χ4n) is 3.45. The number of thioether (sulfide) groups is 1. The Morgan fingerprint density at radius 1 is 0.906 bits per heavy atom. The van der Waals surface area contributed by atoms with E-state index in [0.29, 0.717) is 17.9 Å². The van der Waals surface area contributed by atoms with Crippen LogP contribution in [-0.4, -0.2) is 17.6 Å². The third kappa shape index (κ3) is 6.04. The van der Waals surface area contributed by atoms with Crippen molar-refractivity contribution in [1.82, 2.24) is 5.32 Å². The number of amides is 2. The predicted octanol–water partition coefficient (Wildman–Crippen LogP) is 6.19. The molecule has 2 aromatic carbocycles. The molecule has 3 rings (SSSR count). The van der Waals surface area contributed by atoms with Crippen LogP contribution >= 0.6 is 11.8 Å². The fraction of sp³-hybridized carbons (Fsp3) is 0.308. The molecular formula is C26H30N2O3S. The Kier molecular flexibility index (Phi) is 8.17. The van der Waals surface area contributed by atoms with E-state index in [9.17, 15) is 9.59 Å². The zero-order valence-corrected chi connectivity index (χ0v) is 19.8. The summed E-state index contributed by atoms with van der Waals surface area (Å²) < 4.78 is 5.23. The molecule has 0 aliphatic rings. The third-order valence-electron chi connectivity index (χ3n) is 5.14. The van der Waals surface area contributed by atoms with Gasteiger partial charge in [0.05, 0.1) is 24.1 Å². The second-order valence-corrected chi connectivity index (χ2v) is 9.23. The van der Waals surface area contributed by atoms with E-state index in [0.717, 1.165) is 21.7 Å². The van der Waals surface area contributed by atoms with Crippen LogP contribution in [0.1, 0.15) is 66.8 Å². The van der Waals surface area contributed by atoms with Crippen molar-refractivity contribution in [1.29, 1.82) is 0 Å². The smallest absolute Gasteiger partial charge is 0.256 e. The molecule has 0 aliphatic heterocycles. The maximum absolute atomic E-state index is 13.3. The molecule has 1 heterocycles. The van der Waals surface area contributed by atoms with E-state index >= 15 is 0 Å². The number of hydrogen-bond donors (Lipinski definition) is 2. The summed E-state index contributed by atoms with van der Waals surface area (Å²) in [5.74, 6) is 1.20. The van der Waals surface area contributed by atoms with E-state index in [1.165, 1.54) is 11.8 Å². The Labute approximate surface area is 194 Å². The SMILES string of the molecule is CC(C)c1cccc(C(C)C)c1NC(=O)c1ccccc1SCC(=O)NCc1ccco1. The van der Waals surface area contributed by atoms with Gasteiger partial charge in [-0.2, -0.15) is 0 Å². The minimum Gasteiger partial charge on any atom is -0.467 e. The van der Waals surface area contributed by atoms with Crippen molar-refractivity contribution in [3.63, 3.8) is 0 Å². The van der Waals surface area contributed by atoms with Gasteiger partial charge in [-0.05, 0) is 47.2 Å². The number of nitrogens with one attached hydrogen (secondary N) is 2. The number of carbonyl (C=O) groups is 2. The van der Waals surface area contributed by atoms with Gasteiger partial charge in [-0.25, -0.2) is 0 Å². The second kappa shape index (κ2) is 11.0. The molecule has 1 aromatic heterocycles. The Morgan fingerprint density at radius 2 is 1.59 bits per heavy atom. The maximum Gasteiger partial charge on any atom is 0.256 e. The number of benzene rings is 2. The summed E-state index contributed by atoms with van der Waals surface area (Å²) in [5, 5.41) is 5.99. The summed E-state index contributed by atoms with van der Waals surface area (Å²) in [5.41, 5.74) is 3.68. The highest BCUT2D eigenvalue weighted by Gasteiger charge is 2.19. The van der Waals surface area contributed by atoms with E-state index in [1.807, 2.05) is 30.3 Å². The molecule has 0 unspecified atom stereocenters. The molecule has 0 saturated carbocycles. The van der Waals surface area contributed by atoms with Crippen LogP contribution in [0.25, 0.3) is 0 Å².